The van der Waals surface area contributed by atoms with E-state index in [0.29, 0.717) is 10.5 Å². The highest BCUT2D eigenvalue weighted by Crippen LogP contribution is 2.17. The van der Waals surface area contributed by atoms with Crippen LogP contribution in [0.15, 0.2) is 42.7 Å². The van der Waals surface area contributed by atoms with Gasteiger partial charge in [-0.1, -0.05) is 0 Å². The van der Waals surface area contributed by atoms with E-state index >= 15 is 0 Å². The molecule has 1 atom stereocenters. The number of aromatic nitrogens is 2. The molecule has 0 fully saturated rings. The fraction of sp³-hybridized carbons (Fsp3) is 0.400. The number of hydrogen-bond acceptors (Lipinski definition) is 9. The minimum atomic E-state index is -1.42. The zero-order valence-electron chi connectivity index (χ0n) is 18.1. The van der Waals surface area contributed by atoms with E-state index < -0.39 is 34.7 Å². The van der Waals surface area contributed by atoms with Gasteiger partial charge in [0.25, 0.3) is 5.69 Å². The average molecular weight is 448 g/mol. The van der Waals surface area contributed by atoms with E-state index in [9.17, 15) is 24.5 Å². The molecule has 0 N–H and O–H groups in total. The predicted molar refractivity (Wildman–Crippen MR) is 109 cm³/mol. The smallest absolute Gasteiger partial charge is 0.420 e. The number of ether oxygens (including phenoxy) is 3. The first-order valence-corrected chi connectivity index (χ1v) is 9.49. The third-order valence-corrected chi connectivity index (χ3v) is 4.00. The molecule has 1 aromatic heterocycles. The highest BCUT2D eigenvalue weighted by molar-refractivity contribution is 5.94. The number of nitro groups is 1. The molecule has 12 nitrogen and oxygen atoms in total. The van der Waals surface area contributed by atoms with E-state index in [2.05, 4.69) is 5.10 Å². The summed E-state index contributed by atoms with van der Waals surface area (Å²) in [5.41, 5.74) is -0.643. The van der Waals surface area contributed by atoms with Crippen molar-refractivity contribution in [1.82, 2.24) is 14.7 Å². The molecule has 2 amide bonds. The number of nitrogens with zero attached hydrogens (tertiary/aromatic N) is 4. The molecule has 12 heteroatoms. The first-order chi connectivity index (χ1) is 15.0. The van der Waals surface area contributed by atoms with E-state index in [-0.39, 0.29) is 18.8 Å². The fourth-order valence-electron chi connectivity index (χ4n) is 2.55. The number of benzene rings is 1. The Bertz CT molecular complexity index is 951. The van der Waals surface area contributed by atoms with Crippen molar-refractivity contribution in [2.75, 3.05) is 7.11 Å². The highest BCUT2D eigenvalue weighted by Gasteiger charge is 2.40. The van der Waals surface area contributed by atoms with Crippen LogP contribution in [-0.4, -0.2) is 56.5 Å². The van der Waals surface area contributed by atoms with Crippen LogP contribution in [0.4, 0.5) is 15.3 Å². The van der Waals surface area contributed by atoms with Gasteiger partial charge in [0.05, 0.1) is 18.6 Å². The Balaban J connectivity index is 2.26. The lowest BCUT2D eigenvalue weighted by molar-refractivity contribution is -0.384. The number of rotatable bonds is 7. The number of carbonyl (C=O) groups is 3. The molecule has 0 saturated heterocycles. The van der Waals surface area contributed by atoms with Gasteiger partial charge in [0, 0.05) is 24.5 Å². The Kier molecular flexibility index (Phi) is 7.88. The highest BCUT2D eigenvalue weighted by atomic mass is 16.6. The summed E-state index contributed by atoms with van der Waals surface area (Å²) in [6, 6.07) is 5.52. The number of methoxy groups -OCH3 is 1. The first kappa shape index (κ1) is 24.3. The van der Waals surface area contributed by atoms with Crippen LogP contribution in [0.5, 0.6) is 0 Å². The third kappa shape index (κ3) is 6.79. The van der Waals surface area contributed by atoms with Crippen LogP contribution in [0, 0.1) is 10.1 Å². The maximum atomic E-state index is 12.9. The lowest BCUT2D eigenvalue weighted by atomic mass is 10.2. The molecule has 0 aliphatic heterocycles. The van der Waals surface area contributed by atoms with Crippen LogP contribution in [0.3, 0.4) is 0 Å². The summed E-state index contributed by atoms with van der Waals surface area (Å²) in [5.74, 6) is -0.876. The molecular formula is C20H24N4O8. The second-order valence-electron chi connectivity index (χ2n) is 7.60. The van der Waals surface area contributed by atoms with Crippen LogP contribution in [0.25, 0.3) is 0 Å². The molecule has 0 radical (unpaired) electrons. The molecule has 0 bridgehead atoms. The molecule has 1 aromatic carbocycles. The Morgan fingerprint density at radius 3 is 2.34 bits per heavy atom. The van der Waals surface area contributed by atoms with Gasteiger partial charge in [-0.2, -0.15) is 10.00 Å². The minimum Gasteiger partial charge on any atom is -0.467 e. The summed E-state index contributed by atoms with van der Waals surface area (Å²) in [5, 5.41) is 14.8. The number of carbonyl (C=O) groups excluding carboxylic acids is 3. The standard InChI is InChI=1S/C20H24N4O8/c1-20(2,3)32-19(27)23(16(17(25)30-4)12-22-11-5-10-21-22)18(26)31-13-14-6-8-15(9-7-14)24(28)29/h5-11,16H,12-13H2,1-4H3. The molecule has 0 spiro atoms. The van der Waals surface area contributed by atoms with Crippen LogP contribution in [-0.2, 0) is 32.2 Å². The Hall–Kier alpha value is -3.96. The number of imide groups is 1. The monoisotopic (exact) mass is 448 g/mol. The molecule has 172 valence electrons. The third-order valence-electron chi connectivity index (χ3n) is 4.00. The van der Waals surface area contributed by atoms with Crippen molar-refractivity contribution in [2.45, 2.75) is 45.6 Å². The largest absolute Gasteiger partial charge is 0.467 e. The Labute approximate surface area is 183 Å². The normalized spacial score (nSPS) is 11.9. The van der Waals surface area contributed by atoms with Gasteiger partial charge in [-0.3, -0.25) is 14.8 Å². The topological polar surface area (TPSA) is 143 Å². The molecule has 1 unspecified atom stereocenters. The van der Waals surface area contributed by atoms with Gasteiger partial charge < -0.3 is 14.2 Å². The van der Waals surface area contributed by atoms with Crippen LogP contribution < -0.4 is 0 Å². The summed E-state index contributed by atoms with van der Waals surface area (Å²) >= 11 is 0. The van der Waals surface area contributed by atoms with E-state index in [0.717, 1.165) is 7.11 Å². The lowest BCUT2D eigenvalue weighted by Gasteiger charge is -2.30. The van der Waals surface area contributed by atoms with Crippen molar-refractivity contribution < 1.29 is 33.5 Å². The first-order valence-electron chi connectivity index (χ1n) is 9.49. The molecular weight excluding hydrogens is 424 g/mol. The van der Waals surface area contributed by atoms with Crippen LogP contribution in [0.1, 0.15) is 26.3 Å². The molecule has 2 rings (SSSR count). The zero-order chi connectivity index (χ0) is 23.9. The van der Waals surface area contributed by atoms with Gasteiger partial charge in [-0.25, -0.2) is 14.4 Å². The van der Waals surface area contributed by atoms with Gasteiger partial charge in [-0.15, -0.1) is 0 Å². The van der Waals surface area contributed by atoms with Crippen LogP contribution in [0.2, 0.25) is 0 Å². The van der Waals surface area contributed by atoms with Crippen molar-refractivity contribution in [1.29, 1.82) is 0 Å². The van der Waals surface area contributed by atoms with E-state index in [4.69, 9.17) is 14.2 Å². The molecule has 0 saturated carbocycles. The Morgan fingerprint density at radius 2 is 1.84 bits per heavy atom. The Morgan fingerprint density at radius 1 is 1.19 bits per heavy atom. The summed E-state index contributed by atoms with van der Waals surface area (Å²) < 4.78 is 16.6. The maximum Gasteiger partial charge on any atom is 0.420 e. The number of esters is 1. The molecule has 0 aliphatic carbocycles. The molecule has 1 heterocycles. The zero-order valence-corrected chi connectivity index (χ0v) is 18.1. The number of non-ortho nitro benzene ring substituents is 1. The molecule has 32 heavy (non-hydrogen) atoms. The average Bonchev–Trinajstić information content (AvgIpc) is 3.23. The SMILES string of the molecule is COC(=O)C(Cn1cccn1)N(C(=O)OCc1ccc([N+](=O)[O-])cc1)C(=O)OC(C)(C)C. The second kappa shape index (κ2) is 10.4. The van der Waals surface area contributed by atoms with Crippen molar-refractivity contribution in [3.63, 3.8) is 0 Å². The molecule has 0 aliphatic rings. The van der Waals surface area contributed by atoms with Gasteiger partial charge >= 0.3 is 18.2 Å². The number of nitro benzene ring substituents is 1. The van der Waals surface area contributed by atoms with Crippen LogP contribution >= 0.6 is 0 Å². The summed E-state index contributed by atoms with van der Waals surface area (Å²) in [4.78, 5) is 48.9. The van der Waals surface area contributed by atoms with Crippen molar-refractivity contribution >= 4 is 23.8 Å². The van der Waals surface area contributed by atoms with Crippen molar-refractivity contribution in [3.05, 3.63) is 58.4 Å². The van der Waals surface area contributed by atoms with E-state index in [1.807, 2.05) is 0 Å². The fourth-order valence-corrected chi connectivity index (χ4v) is 2.55. The summed E-state index contributed by atoms with van der Waals surface area (Å²) in [6.45, 7) is 4.32. The quantitative estimate of drug-likeness (QED) is 0.270. The predicted octanol–water partition coefficient (Wildman–Crippen LogP) is 2.91. The second-order valence-corrected chi connectivity index (χ2v) is 7.60. The van der Waals surface area contributed by atoms with Crippen molar-refractivity contribution in [2.24, 2.45) is 0 Å². The van der Waals surface area contributed by atoms with E-state index in [1.165, 1.54) is 35.1 Å². The van der Waals surface area contributed by atoms with E-state index in [1.54, 1.807) is 33.0 Å². The number of hydrogen-bond donors (Lipinski definition) is 0. The van der Waals surface area contributed by atoms with Gasteiger partial charge in [0.15, 0.2) is 6.04 Å². The lowest BCUT2D eigenvalue weighted by Crippen LogP contribution is -2.52. The molecule has 2 aromatic rings. The minimum absolute atomic E-state index is 0.125. The summed E-state index contributed by atoms with van der Waals surface area (Å²) in [7, 11) is 1.12. The van der Waals surface area contributed by atoms with Gasteiger partial charge in [0.2, 0.25) is 0 Å². The van der Waals surface area contributed by atoms with Gasteiger partial charge in [-0.05, 0) is 44.5 Å². The summed E-state index contributed by atoms with van der Waals surface area (Å²) in [6.07, 6.45) is 0.763. The maximum absolute atomic E-state index is 12.9. The van der Waals surface area contributed by atoms with Gasteiger partial charge in [0.1, 0.15) is 12.2 Å². The van der Waals surface area contributed by atoms with Crippen molar-refractivity contribution in [3.8, 4) is 0 Å². The number of amides is 2.